The lowest BCUT2D eigenvalue weighted by Gasteiger charge is -2.38. The fraction of sp³-hybridized carbons (Fsp3) is 0.333. The van der Waals surface area contributed by atoms with Crippen LogP contribution in [0.2, 0.25) is 0 Å². The molecule has 1 aliphatic heterocycles. The zero-order valence-electron chi connectivity index (χ0n) is 19.3. The van der Waals surface area contributed by atoms with E-state index in [0.29, 0.717) is 12.2 Å². The Hall–Kier alpha value is -2.92. The summed E-state index contributed by atoms with van der Waals surface area (Å²) in [6.45, 7) is 9.56. The molecular formula is C27H29NO3S. The summed E-state index contributed by atoms with van der Waals surface area (Å²) in [5.41, 5.74) is 4.65. The molecule has 1 heterocycles. The van der Waals surface area contributed by atoms with Crippen LogP contribution in [0.5, 0.6) is 11.5 Å². The van der Waals surface area contributed by atoms with Gasteiger partial charge >= 0.3 is 5.97 Å². The molecule has 3 aromatic rings. The number of thiocarbonyl (C=S) groups is 1. The first kappa shape index (κ1) is 22.3. The number of esters is 1. The van der Waals surface area contributed by atoms with Crippen LogP contribution in [0, 0.1) is 20.8 Å². The summed E-state index contributed by atoms with van der Waals surface area (Å²) in [5, 5.41) is 5.78. The van der Waals surface area contributed by atoms with Gasteiger partial charge in [-0.15, -0.1) is 0 Å². The smallest absolute Gasteiger partial charge is 0.308 e. The minimum Gasteiger partial charge on any atom is -0.487 e. The van der Waals surface area contributed by atoms with Crippen LogP contribution in [0.15, 0.2) is 42.5 Å². The number of hydrogen-bond donors (Lipinski definition) is 1. The average molecular weight is 448 g/mol. The summed E-state index contributed by atoms with van der Waals surface area (Å²) >= 11 is 5.71. The van der Waals surface area contributed by atoms with Crippen molar-refractivity contribution in [2.24, 2.45) is 0 Å². The molecule has 4 rings (SSSR count). The van der Waals surface area contributed by atoms with Crippen LogP contribution in [0.3, 0.4) is 0 Å². The number of fused-ring (bicyclic) bond motifs is 2. The Balaban J connectivity index is 1.53. The van der Waals surface area contributed by atoms with Crippen LogP contribution in [0.25, 0.3) is 10.8 Å². The highest BCUT2D eigenvalue weighted by atomic mass is 32.1. The third-order valence-electron chi connectivity index (χ3n) is 6.38. The molecule has 4 nitrogen and oxygen atoms in total. The second kappa shape index (κ2) is 8.55. The molecule has 0 spiro atoms. The number of hydrogen-bond acceptors (Lipinski definition) is 4. The average Bonchev–Trinajstić information content (AvgIpc) is 2.74. The van der Waals surface area contributed by atoms with Crippen molar-refractivity contribution in [2.45, 2.75) is 59.5 Å². The SMILES string of the molecule is CC(=O)Oc1c(C)c(C)c2c(c1C)CCC(C)(CC(=S)Nc1ccc3ccccc3c1)O2. The summed E-state index contributed by atoms with van der Waals surface area (Å²) in [5.74, 6) is 1.26. The topological polar surface area (TPSA) is 47.6 Å². The van der Waals surface area contributed by atoms with Crippen LogP contribution in [-0.4, -0.2) is 16.6 Å². The molecular weight excluding hydrogens is 418 g/mol. The predicted molar refractivity (Wildman–Crippen MR) is 134 cm³/mol. The van der Waals surface area contributed by atoms with Gasteiger partial charge in [-0.1, -0.05) is 42.5 Å². The number of carbonyl (C=O) groups is 1. The van der Waals surface area contributed by atoms with E-state index in [-0.39, 0.29) is 5.97 Å². The lowest BCUT2D eigenvalue weighted by Crippen LogP contribution is -2.40. The van der Waals surface area contributed by atoms with E-state index < -0.39 is 5.60 Å². The number of nitrogens with one attached hydrogen (secondary N) is 1. The molecule has 166 valence electrons. The van der Waals surface area contributed by atoms with E-state index in [1.54, 1.807) is 0 Å². The minimum atomic E-state index is -0.402. The molecule has 0 aliphatic carbocycles. The number of anilines is 1. The van der Waals surface area contributed by atoms with Gasteiger partial charge in [-0.3, -0.25) is 4.79 Å². The Morgan fingerprint density at radius 2 is 1.81 bits per heavy atom. The monoisotopic (exact) mass is 447 g/mol. The minimum absolute atomic E-state index is 0.303. The molecule has 1 unspecified atom stereocenters. The molecule has 1 atom stereocenters. The molecule has 0 radical (unpaired) electrons. The van der Waals surface area contributed by atoms with E-state index in [0.717, 1.165) is 51.5 Å². The van der Waals surface area contributed by atoms with Gasteiger partial charge in [0.25, 0.3) is 0 Å². The zero-order valence-corrected chi connectivity index (χ0v) is 20.1. The van der Waals surface area contributed by atoms with Crippen molar-refractivity contribution in [1.82, 2.24) is 0 Å². The van der Waals surface area contributed by atoms with E-state index in [9.17, 15) is 4.79 Å². The van der Waals surface area contributed by atoms with Gasteiger partial charge in [0.05, 0.1) is 4.99 Å². The Bertz CT molecular complexity index is 1230. The van der Waals surface area contributed by atoms with Crippen molar-refractivity contribution in [3.63, 3.8) is 0 Å². The lowest BCUT2D eigenvalue weighted by molar-refractivity contribution is -0.132. The Labute approximate surface area is 194 Å². The van der Waals surface area contributed by atoms with Crippen molar-refractivity contribution in [2.75, 3.05) is 5.32 Å². The summed E-state index contributed by atoms with van der Waals surface area (Å²) in [4.78, 5) is 12.3. The van der Waals surface area contributed by atoms with E-state index in [2.05, 4.69) is 42.6 Å². The van der Waals surface area contributed by atoms with Gasteiger partial charge in [-0.2, -0.15) is 0 Å². The molecule has 1 N–H and O–H groups in total. The lowest BCUT2D eigenvalue weighted by atomic mass is 9.85. The van der Waals surface area contributed by atoms with Crippen LogP contribution >= 0.6 is 12.2 Å². The van der Waals surface area contributed by atoms with Crippen molar-refractivity contribution in [3.05, 3.63) is 64.7 Å². The maximum atomic E-state index is 11.6. The molecule has 0 bridgehead atoms. The van der Waals surface area contributed by atoms with Gasteiger partial charge in [-0.05, 0) is 80.1 Å². The number of benzene rings is 3. The Morgan fingerprint density at radius 1 is 1.09 bits per heavy atom. The zero-order chi connectivity index (χ0) is 23.0. The molecule has 3 aromatic carbocycles. The number of rotatable bonds is 4. The summed E-state index contributed by atoms with van der Waals surface area (Å²) in [6.07, 6.45) is 2.31. The second-order valence-electron chi connectivity index (χ2n) is 8.94. The first-order valence-electron chi connectivity index (χ1n) is 11.0. The molecule has 0 fully saturated rings. The van der Waals surface area contributed by atoms with Crippen molar-refractivity contribution in [1.29, 1.82) is 0 Å². The van der Waals surface area contributed by atoms with Gasteiger partial charge in [0.1, 0.15) is 17.1 Å². The van der Waals surface area contributed by atoms with Crippen molar-refractivity contribution >= 4 is 39.6 Å². The molecule has 5 heteroatoms. The highest BCUT2D eigenvalue weighted by Crippen LogP contribution is 2.44. The van der Waals surface area contributed by atoms with Gasteiger partial charge in [-0.25, -0.2) is 0 Å². The second-order valence-corrected chi connectivity index (χ2v) is 9.44. The third kappa shape index (κ3) is 4.35. The molecule has 32 heavy (non-hydrogen) atoms. The Kier molecular flexibility index (Phi) is 5.95. The van der Waals surface area contributed by atoms with Crippen LogP contribution in [-0.2, 0) is 11.2 Å². The first-order valence-corrected chi connectivity index (χ1v) is 11.4. The number of ether oxygens (including phenoxy) is 2. The van der Waals surface area contributed by atoms with Crippen LogP contribution in [0.4, 0.5) is 5.69 Å². The highest BCUT2D eigenvalue weighted by molar-refractivity contribution is 7.80. The molecule has 0 saturated heterocycles. The quantitative estimate of drug-likeness (QED) is 0.277. The maximum Gasteiger partial charge on any atom is 0.308 e. The first-order chi connectivity index (χ1) is 15.2. The molecule has 0 aromatic heterocycles. The summed E-state index contributed by atoms with van der Waals surface area (Å²) in [6, 6.07) is 14.6. The maximum absolute atomic E-state index is 11.6. The fourth-order valence-corrected chi connectivity index (χ4v) is 4.94. The van der Waals surface area contributed by atoms with Gasteiger partial charge in [0, 0.05) is 24.6 Å². The van der Waals surface area contributed by atoms with E-state index >= 15 is 0 Å². The highest BCUT2D eigenvalue weighted by Gasteiger charge is 2.36. The van der Waals surface area contributed by atoms with Crippen LogP contribution in [0.1, 0.15) is 48.9 Å². The van der Waals surface area contributed by atoms with E-state index in [4.69, 9.17) is 21.7 Å². The van der Waals surface area contributed by atoms with Gasteiger partial charge < -0.3 is 14.8 Å². The van der Waals surface area contributed by atoms with Gasteiger partial charge in [0.2, 0.25) is 0 Å². The largest absolute Gasteiger partial charge is 0.487 e. The molecule has 0 saturated carbocycles. The van der Waals surface area contributed by atoms with Crippen molar-refractivity contribution in [3.8, 4) is 11.5 Å². The van der Waals surface area contributed by atoms with Crippen molar-refractivity contribution < 1.29 is 14.3 Å². The molecule has 0 amide bonds. The summed E-state index contributed by atoms with van der Waals surface area (Å²) in [7, 11) is 0. The molecule has 1 aliphatic rings. The van der Waals surface area contributed by atoms with Crippen LogP contribution < -0.4 is 14.8 Å². The Morgan fingerprint density at radius 3 is 2.53 bits per heavy atom. The van der Waals surface area contributed by atoms with E-state index in [1.165, 1.54) is 17.7 Å². The predicted octanol–water partition coefficient (Wildman–Crippen LogP) is 6.60. The van der Waals surface area contributed by atoms with Gasteiger partial charge in [0.15, 0.2) is 0 Å². The third-order valence-corrected chi connectivity index (χ3v) is 6.62. The van der Waals surface area contributed by atoms with E-state index in [1.807, 2.05) is 32.9 Å². The summed E-state index contributed by atoms with van der Waals surface area (Å²) < 4.78 is 12.1. The standard InChI is InChI=1S/C27H29NO3S/c1-16-17(2)26-23(18(3)25(16)30-19(4)29)12-13-27(5,31-26)15-24(32)28-22-11-10-20-8-6-7-9-21(20)14-22/h6-11,14H,12-13,15H2,1-5H3,(H,28,32). The normalized spacial score (nSPS) is 17.4. The number of carbonyl (C=O) groups excluding carboxylic acids is 1. The fourth-order valence-electron chi connectivity index (χ4n) is 4.51.